The van der Waals surface area contributed by atoms with Crippen LogP contribution < -0.4 is 10.6 Å². The maximum Gasteiger partial charge on any atom is 0.416 e. The highest BCUT2D eigenvalue weighted by atomic mass is 32.2. The first-order valence-electron chi connectivity index (χ1n) is 10.2. The monoisotopic (exact) mass is 428 g/mol. The molecule has 29 heavy (non-hydrogen) atoms. The highest BCUT2D eigenvalue weighted by molar-refractivity contribution is 7.99. The first-order chi connectivity index (χ1) is 13.9. The summed E-state index contributed by atoms with van der Waals surface area (Å²) in [5.74, 6) is 2.07. The van der Waals surface area contributed by atoms with Crippen LogP contribution in [0.15, 0.2) is 24.3 Å². The number of carbonyl (C=O) groups is 1. The second kappa shape index (κ2) is 8.73. The van der Waals surface area contributed by atoms with Gasteiger partial charge in [-0.05, 0) is 43.5 Å². The summed E-state index contributed by atoms with van der Waals surface area (Å²) < 4.78 is 38.0. The van der Waals surface area contributed by atoms with E-state index in [0.29, 0.717) is 6.04 Å². The fourth-order valence-corrected chi connectivity index (χ4v) is 5.35. The predicted octanol–water partition coefficient (Wildman–Crippen LogP) is 2.85. The molecule has 1 aromatic carbocycles. The van der Waals surface area contributed by atoms with Crippen LogP contribution in [0.5, 0.6) is 0 Å². The fraction of sp³-hybridized carbons (Fsp3) is 0.650. The van der Waals surface area contributed by atoms with Crippen molar-refractivity contribution in [2.45, 2.75) is 43.6 Å². The molecular weight excluding hydrogens is 401 g/mol. The van der Waals surface area contributed by atoms with Crippen LogP contribution in [-0.2, 0) is 11.0 Å². The number of alkyl halides is 3. The number of halogens is 3. The van der Waals surface area contributed by atoms with E-state index >= 15 is 0 Å². The number of piperidine rings is 1. The Morgan fingerprint density at radius 1 is 1.14 bits per heavy atom. The van der Waals surface area contributed by atoms with Gasteiger partial charge >= 0.3 is 6.18 Å². The molecule has 0 saturated carbocycles. The summed E-state index contributed by atoms with van der Waals surface area (Å²) in [5.41, 5.74) is 0.108. The Kier molecular flexibility index (Phi) is 6.27. The van der Waals surface area contributed by atoms with E-state index in [-0.39, 0.29) is 18.0 Å². The molecule has 0 radical (unpaired) electrons. The van der Waals surface area contributed by atoms with Crippen molar-refractivity contribution in [1.82, 2.24) is 15.1 Å². The van der Waals surface area contributed by atoms with Gasteiger partial charge in [-0.2, -0.15) is 13.2 Å². The van der Waals surface area contributed by atoms with Gasteiger partial charge in [0.1, 0.15) is 0 Å². The largest absolute Gasteiger partial charge is 0.416 e. The molecule has 3 aliphatic rings. The lowest BCUT2D eigenvalue weighted by molar-refractivity contribution is -0.137. The summed E-state index contributed by atoms with van der Waals surface area (Å²) in [7, 11) is 0. The van der Waals surface area contributed by atoms with Crippen LogP contribution >= 0.6 is 11.8 Å². The Morgan fingerprint density at radius 2 is 1.86 bits per heavy atom. The van der Waals surface area contributed by atoms with Gasteiger partial charge in [0.15, 0.2) is 0 Å². The Bertz CT molecular complexity index is 701. The Balaban J connectivity index is 1.23. The summed E-state index contributed by atoms with van der Waals surface area (Å²) in [6.45, 7) is 3.57. The van der Waals surface area contributed by atoms with Crippen molar-refractivity contribution in [3.05, 3.63) is 29.8 Å². The summed E-state index contributed by atoms with van der Waals surface area (Å²) in [6, 6.07) is 5.82. The molecule has 3 saturated heterocycles. The summed E-state index contributed by atoms with van der Waals surface area (Å²) >= 11 is 1.81. The van der Waals surface area contributed by atoms with Crippen LogP contribution in [0.4, 0.5) is 18.9 Å². The van der Waals surface area contributed by atoms with E-state index in [4.69, 9.17) is 0 Å². The van der Waals surface area contributed by atoms with Crippen molar-refractivity contribution in [1.29, 1.82) is 0 Å². The topological polar surface area (TPSA) is 47.6 Å². The van der Waals surface area contributed by atoms with E-state index in [0.717, 1.165) is 74.9 Å². The molecule has 160 valence electrons. The molecule has 0 aromatic heterocycles. The van der Waals surface area contributed by atoms with E-state index in [1.165, 1.54) is 12.1 Å². The molecule has 0 unspecified atom stereocenters. The number of anilines is 1. The highest BCUT2D eigenvalue weighted by Crippen LogP contribution is 2.30. The molecule has 2 N–H and O–H groups in total. The highest BCUT2D eigenvalue weighted by Gasteiger charge is 2.37. The molecule has 0 aliphatic carbocycles. The van der Waals surface area contributed by atoms with Gasteiger partial charge in [0.2, 0.25) is 5.91 Å². The molecule has 1 aromatic rings. The van der Waals surface area contributed by atoms with Gasteiger partial charge in [0.25, 0.3) is 0 Å². The Hall–Kier alpha value is -1.45. The summed E-state index contributed by atoms with van der Waals surface area (Å²) in [5, 5.41) is 6.76. The normalized spacial score (nSPS) is 26.8. The maximum atomic E-state index is 12.7. The number of hydrogen-bond donors (Lipinski definition) is 2. The van der Waals surface area contributed by atoms with Gasteiger partial charge in [-0.25, -0.2) is 0 Å². The number of likely N-dealkylation sites (tertiary alicyclic amines) is 1. The second-order valence-electron chi connectivity index (χ2n) is 8.02. The van der Waals surface area contributed by atoms with Gasteiger partial charge in [-0.1, -0.05) is 0 Å². The van der Waals surface area contributed by atoms with E-state index in [9.17, 15) is 18.0 Å². The van der Waals surface area contributed by atoms with Crippen molar-refractivity contribution in [2.75, 3.05) is 43.1 Å². The van der Waals surface area contributed by atoms with Crippen LogP contribution in [-0.4, -0.2) is 71.6 Å². The molecule has 4 rings (SSSR count). The number of rotatable bonds is 4. The van der Waals surface area contributed by atoms with E-state index in [1.54, 1.807) is 11.8 Å². The number of amides is 1. The van der Waals surface area contributed by atoms with Crippen LogP contribution in [0, 0.1) is 0 Å². The number of benzene rings is 1. The number of carbonyl (C=O) groups excluding carboxylic acids is 1. The van der Waals surface area contributed by atoms with Gasteiger partial charge < -0.3 is 15.5 Å². The van der Waals surface area contributed by atoms with Crippen LogP contribution in [0.1, 0.15) is 24.8 Å². The third kappa shape index (κ3) is 5.00. The average Bonchev–Trinajstić information content (AvgIpc) is 3.40. The molecule has 0 bridgehead atoms. The number of nitrogens with one attached hydrogen (secondary N) is 2. The molecule has 1 amide bonds. The number of nitrogens with zero attached hydrogens (tertiary/aromatic N) is 2. The quantitative estimate of drug-likeness (QED) is 0.773. The molecular formula is C20H27F3N4OS. The lowest BCUT2D eigenvalue weighted by Gasteiger charge is -2.36. The third-order valence-corrected chi connectivity index (χ3v) is 7.06. The molecule has 3 heterocycles. The van der Waals surface area contributed by atoms with Gasteiger partial charge in [-0.3, -0.25) is 9.69 Å². The zero-order chi connectivity index (χ0) is 20.4. The number of hydrogen-bond acceptors (Lipinski definition) is 5. The van der Waals surface area contributed by atoms with Crippen molar-refractivity contribution < 1.29 is 18.0 Å². The zero-order valence-corrected chi connectivity index (χ0v) is 17.1. The first-order valence-corrected chi connectivity index (χ1v) is 11.3. The summed E-state index contributed by atoms with van der Waals surface area (Å²) in [6.07, 6.45) is -1.55. The van der Waals surface area contributed by atoms with Crippen molar-refractivity contribution in [2.24, 2.45) is 0 Å². The third-order valence-electron chi connectivity index (χ3n) is 6.10. The van der Waals surface area contributed by atoms with Crippen LogP contribution in [0.3, 0.4) is 0 Å². The Labute approximate surface area is 173 Å². The lowest BCUT2D eigenvalue weighted by atomic mass is 10.0. The molecule has 3 aliphatic heterocycles. The van der Waals surface area contributed by atoms with Gasteiger partial charge in [0.05, 0.1) is 17.5 Å². The molecule has 2 atom stereocenters. The SMILES string of the molecule is O=C([C@@H]1C[C@H](N2CCC(Nc3ccc(C(F)(F)F)cc3)CC2)CN1)N1CCSC1. The minimum absolute atomic E-state index is 0.0679. The van der Waals surface area contributed by atoms with E-state index in [2.05, 4.69) is 15.5 Å². The van der Waals surface area contributed by atoms with E-state index < -0.39 is 11.7 Å². The predicted molar refractivity (Wildman–Crippen MR) is 109 cm³/mol. The van der Waals surface area contributed by atoms with Crippen molar-refractivity contribution >= 4 is 23.4 Å². The molecule has 5 nitrogen and oxygen atoms in total. The smallest absolute Gasteiger partial charge is 0.382 e. The number of thioether (sulfide) groups is 1. The maximum absolute atomic E-state index is 12.7. The minimum Gasteiger partial charge on any atom is -0.382 e. The Morgan fingerprint density at radius 3 is 2.48 bits per heavy atom. The zero-order valence-electron chi connectivity index (χ0n) is 16.3. The summed E-state index contributed by atoms with van der Waals surface area (Å²) in [4.78, 5) is 17.0. The molecule has 9 heteroatoms. The van der Waals surface area contributed by atoms with Gasteiger partial charge in [0, 0.05) is 49.7 Å². The molecule has 0 spiro atoms. The minimum atomic E-state index is -4.30. The fourth-order valence-electron chi connectivity index (χ4n) is 4.39. The average molecular weight is 429 g/mol. The first kappa shape index (κ1) is 20.8. The second-order valence-corrected chi connectivity index (χ2v) is 9.09. The standard InChI is InChI=1S/C20H27F3N4OS/c21-20(22,23)14-1-3-15(4-2-14)25-16-5-7-26(8-6-16)17-11-18(24-12-17)19(28)27-9-10-29-13-27/h1-4,16-18,24-25H,5-13H2/t17-,18-/m0/s1. The van der Waals surface area contributed by atoms with Crippen molar-refractivity contribution in [3.8, 4) is 0 Å². The lowest BCUT2D eigenvalue weighted by Crippen LogP contribution is -2.45. The van der Waals surface area contributed by atoms with Crippen molar-refractivity contribution in [3.63, 3.8) is 0 Å². The van der Waals surface area contributed by atoms with E-state index in [1.807, 2.05) is 4.90 Å². The van der Waals surface area contributed by atoms with Crippen LogP contribution in [0.25, 0.3) is 0 Å². The van der Waals surface area contributed by atoms with Gasteiger partial charge in [-0.15, -0.1) is 11.8 Å². The van der Waals surface area contributed by atoms with Crippen LogP contribution in [0.2, 0.25) is 0 Å². The molecule has 3 fully saturated rings.